The van der Waals surface area contributed by atoms with E-state index in [9.17, 15) is 18.8 Å². The second kappa shape index (κ2) is 9.77. The van der Waals surface area contributed by atoms with Gasteiger partial charge in [0.05, 0.1) is 29.8 Å². The minimum atomic E-state index is -0.644. The number of esters is 2. The Hall–Kier alpha value is -3.81. The van der Waals surface area contributed by atoms with Crippen LogP contribution in [0.1, 0.15) is 23.2 Å². The standard InChI is InChI=1S/C25H23FN2O5/c1-32-24(30)17-10-12-28(13-11-17)23(29)15-33-25(31)20-14-22(16-6-8-18(26)9-7-16)27-21-5-3-2-4-19(20)21/h2-9,14,17H,10-13,15H2,1H3. The van der Waals surface area contributed by atoms with Crippen LogP contribution in [-0.2, 0) is 19.1 Å². The van der Waals surface area contributed by atoms with Crippen molar-refractivity contribution in [3.8, 4) is 11.3 Å². The Morgan fingerprint density at radius 3 is 2.45 bits per heavy atom. The molecule has 0 spiro atoms. The first-order valence-corrected chi connectivity index (χ1v) is 10.6. The van der Waals surface area contributed by atoms with Gasteiger partial charge in [-0.3, -0.25) is 9.59 Å². The van der Waals surface area contributed by atoms with E-state index >= 15 is 0 Å². The summed E-state index contributed by atoms with van der Waals surface area (Å²) in [5.74, 6) is -1.81. The minimum absolute atomic E-state index is 0.213. The van der Waals surface area contributed by atoms with Crippen LogP contribution >= 0.6 is 0 Å². The van der Waals surface area contributed by atoms with Gasteiger partial charge in [-0.05, 0) is 49.2 Å². The van der Waals surface area contributed by atoms with Crippen molar-refractivity contribution < 1.29 is 28.2 Å². The lowest BCUT2D eigenvalue weighted by molar-refractivity contribution is -0.149. The average Bonchev–Trinajstić information content (AvgIpc) is 2.86. The predicted molar refractivity (Wildman–Crippen MR) is 119 cm³/mol. The Balaban J connectivity index is 1.48. The van der Waals surface area contributed by atoms with Crippen LogP contribution in [-0.4, -0.2) is 54.5 Å². The number of rotatable bonds is 5. The number of pyridine rings is 1. The van der Waals surface area contributed by atoms with Crippen molar-refractivity contribution in [1.82, 2.24) is 9.88 Å². The van der Waals surface area contributed by atoms with Gasteiger partial charge in [0.25, 0.3) is 5.91 Å². The molecule has 2 aromatic carbocycles. The van der Waals surface area contributed by atoms with Gasteiger partial charge in [-0.1, -0.05) is 18.2 Å². The van der Waals surface area contributed by atoms with Gasteiger partial charge >= 0.3 is 11.9 Å². The highest BCUT2D eigenvalue weighted by Gasteiger charge is 2.28. The number of piperidine rings is 1. The van der Waals surface area contributed by atoms with Crippen molar-refractivity contribution in [3.63, 3.8) is 0 Å². The molecule has 4 rings (SSSR count). The fourth-order valence-electron chi connectivity index (χ4n) is 3.94. The van der Waals surface area contributed by atoms with E-state index < -0.39 is 12.6 Å². The maximum atomic E-state index is 13.3. The molecule has 0 unspecified atom stereocenters. The lowest BCUT2D eigenvalue weighted by Crippen LogP contribution is -2.42. The number of carbonyl (C=O) groups is 3. The summed E-state index contributed by atoms with van der Waals surface area (Å²) in [4.78, 5) is 43.3. The van der Waals surface area contributed by atoms with E-state index in [2.05, 4.69) is 4.98 Å². The minimum Gasteiger partial charge on any atom is -0.469 e. The van der Waals surface area contributed by atoms with Crippen molar-refractivity contribution in [2.24, 2.45) is 5.92 Å². The number of para-hydroxylation sites is 1. The third kappa shape index (κ3) is 5.00. The van der Waals surface area contributed by atoms with Crippen LogP contribution in [0.3, 0.4) is 0 Å². The molecular formula is C25H23FN2O5. The molecule has 170 valence electrons. The van der Waals surface area contributed by atoms with Crippen LogP contribution < -0.4 is 0 Å². The molecule has 3 aromatic rings. The first-order valence-electron chi connectivity index (χ1n) is 10.6. The molecule has 1 aliphatic heterocycles. The maximum absolute atomic E-state index is 13.3. The lowest BCUT2D eigenvalue weighted by Gasteiger charge is -2.30. The van der Waals surface area contributed by atoms with E-state index in [1.807, 2.05) is 0 Å². The molecule has 0 saturated carbocycles. The Labute approximate surface area is 190 Å². The van der Waals surface area contributed by atoms with Crippen molar-refractivity contribution in [2.75, 3.05) is 26.8 Å². The summed E-state index contributed by atoms with van der Waals surface area (Å²) < 4.78 is 23.4. The first-order chi connectivity index (χ1) is 16.0. The predicted octanol–water partition coefficient (Wildman–Crippen LogP) is 3.61. The Morgan fingerprint density at radius 2 is 1.76 bits per heavy atom. The van der Waals surface area contributed by atoms with Crippen molar-refractivity contribution in [3.05, 3.63) is 66.0 Å². The van der Waals surface area contributed by atoms with Crippen molar-refractivity contribution in [1.29, 1.82) is 0 Å². The Morgan fingerprint density at radius 1 is 1.06 bits per heavy atom. The number of carbonyl (C=O) groups excluding carboxylic acids is 3. The molecule has 1 aliphatic rings. The number of hydrogen-bond donors (Lipinski definition) is 0. The second-order valence-corrected chi connectivity index (χ2v) is 7.83. The van der Waals surface area contributed by atoms with Gasteiger partial charge in [0.15, 0.2) is 6.61 Å². The summed E-state index contributed by atoms with van der Waals surface area (Å²) in [6.45, 7) is 0.413. The van der Waals surface area contributed by atoms with Gasteiger partial charge in [0, 0.05) is 24.0 Å². The highest BCUT2D eigenvalue weighted by molar-refractivity contribution is 6.05. The largest absolute Gasteiger partial charge is 0.469 e. The summed E-state index contributed by atoms with van der Waals surface area (Å²) >= 11 is 0. The molecule has 1 amide bonds. The van der Waals surface area contributed by atoms with E-state index in [1.165, 1.54) is 19.2 Å². The topological polar surface area (TPSA) is 85.8 Å². The molecular weight excluding hydrogens is 427 g/mol. The number of aromatic nitrogens is 1. The number of halogens is 1. The van der Waals surface area contributed by atoms with Crippen molar-refractivity contribution >= 4 is 28.7 Å². The Kier molecular flexibility index (Phi) is 6.63. The number of ether oxygens (including phenoxy) is 2. The summed E-state index contributed by atoms with van der Waals surface area (Å²) in [6, 6.07) is 14.5. The third-order valence-corrected chi connectivity index (χ3v) is 5.79. The molecule has 0 radical (unpaired) electrons. The molecule has 8 heteroatoms. The number of amides is 1. The van der Waals surface area contributed by atoms with Crippen LogP contribution in [0.15, 0.2) is 54.6 Å². The number of nitrogens with zero attached hydrogens (tertiary/aromatic N) is 2. The number of hydrogen-bond acceptors (Lipinski definition) is 6. The van der Waals surface area contributed by atoms with Gasteiger partial charge < -0.3 is 14.4 Å². The molecule has 7 nitrogen and oxygen atoms in total. The Bertz CT molecular complexity index is 1190. The average molecular weight is 450 g/mol. The molecule has 1 fully saturated rings. The van der Waals surface area contributed by atoms with Crippen LogP contribution in [0.25, 0.3) is 22.2 Å². The van der Waals surface area contributed by atoms with Gasteiger partial charge in [0.1, 0.15) is 5.82 Å². The van der Waals surface area contributed by atoms with E-state index in [0.29, 0.717) is 48.1 Å². The summed E-state index contributed by atoms with van der Waals surface area (Å²) in [5.41, 5.74) is 2.01. The normalized spacial score (nSPS) is 14.2. The zero-order valence-electron chi connectivity index (χ0n) is 18.1. The summed E-state index contributed by atoms with van der Waals surface area (Å²) in [7, 11) is 1.35. The van der Waals surface area contributed by atoms with Crippen LogP contribution in [0.4, 0.5) is 4.39 Å². The molecule has 2 heterocycles. The highest BCUT2D eigenvalue weighted by Crippen LogP contribution is 2.26. The second-order valence-electron chi connectivity index (χ2n) is 7.83. The smallest absolute Gasteiger partial charge is 0.339 e. The zero-order chi connectivity index (χ0) is 23.4. The SMILES string of the molecule is COC(=O)C1CCN(C(=O)COC(=O)c2cc(-c3ccc(F)cc3)nc3ccccc23)CC1. The van der Waals surface area contributed by atoms with Gasteiger partial charge in [-0.15, -0.1) is 0 Å². The number of benzene rings is 2. The number of likely N-dealkylation sites (tertiary alicyclic amines) is 1. The van der Waals surface area contributed by atoms with Gasteiger partial charge in [0.2, 0.25) is 0 Å². The zero-order valence-corrected chi connectivity index (χ0v) is 18.1. The van der Waals surface area contributed by atoms with E-state index in [4.69, 9.17) is 9.47 Å². The maximum Gasteiger partial charge on any atom is 0.339 e. The van der Waals surface area contributed by atoms with Crippen LogP contribution in [0.2, 0.25) is 0 Å². The van der Waals surface area contributed by atoms with Crippen LogP contribution in [0, 0.1) is 11.7 Å². The summed E-state index contributed by atoms with van der Waals surface area (Å²) in [5, 5.41) is 0.597. The summed E-state index contributed by atoms with van der Waals surface area (Å²) in [6.07, 6.45) is 1.03. The quantitative estimate of drug-likeness (QED) is 0.552. The molecule has 33 heavy (non-hydrogen) atoms. The fraction of sp³-hybridized carbons (Fsp3) is 0.280. The van der Waals surface area contributed by atoms with Gasteiger partial charge in [-0.25, -0.2) is 14.2 Å². The fourth-order valence-corrected chi connectivity index (χ4v) is 3.94. The van der Waals surface area contributed by atoms with E-state index in [1.54, 1.807) is 47.4 Å². The molecule has 1 aromatic heterocycles. The molecule has 0 aliphatic carbocycles. The van der Waals surface area contributed by atoms with Gasteiger partial charge in [-0.2, -0.15) is 0 Å². The number of fused-ring (bicyclic) bond motifs is 1. The molecule has 0 bridgehead atoms. The first kappa shape index (κ1) is 22.4. The molecule has 0 atom stereocenters. The van der Waals surface area contributed by atoms with E-state index in [0.717, 1.165) is 0 Å². The lowest BCUT2D eigenvalue weighted by atomic mass is 9.97. The molecule has 0 N–H and O–H groups in total. The monoisotopic (exact) mass is 450 g/mol. The van der Waals surface area contributed by atoms with Crippen LogP contribution in [0.5, 0.6) is 0 Å². The highest BCUT2D eigenvalue weighted by atomic mass is 19.1. The van der Waals surface area contributed by atoms with Crippen molar-refractivity contribution in [2.45, 2.75) is 12.8 Å². The van der Waals surface area contributed by atoms with E-state index in [-0.39, 0.29) is 29.2 Å². The third-order valence-electron chi connectivity index (χ3n) is 5.79. The number of methoxy groups -OCH3 is 1. The molecule has 1 saturated heterocycles.